The van der Waals surface area contributed by atoms with Gasteiger partial charge in [0, 0.05) is 50.5 Å². The summed E-state index contributed by atoms with van der Waals surface area (Å²) in [5.74, 6) is -0.454. The van der Waals surface area contributed by atoms with Gasteiger partial charge >= 0.3 is 6.03 Å². The topological polar surface area (TPSA) is 142 Å². The van der Waals surface area contributed by atoms with Crippen LogP contribution in [0.1, 0.15) is 24.8 Å². The monoisotopic (exact) mass is 598 g/mol. The van der Waals surface area contributed by atoms with Gasteiger partial charge < -0.3 is 15.5 Å². The summed E-state index contributed by atoms with van der Waals surface area (Å²) < 4.78 is 41.0. The van der Waals surface area contributed by atoms with E-state index in [-0.39, 0.29) is 30.7 Å². The number of anilines is 1. The third-order valence-electron chi connectivity index (χ3n) is 7.95. The van der Waals surface area contributed by atoms with Crippen LogP contribution in [0.2, 0.25) is 0 Å². The van der Waals surface area contributed by atoms with Gasteiger partial charge in [-0.15, -0.1) is 5.10 Å². The van der Waals surface area contributed by atoms with E-state index in [1.807, 2.05) is 6.07 Å². The van der Waals surface area contributed by atoms with Crippen molar-refractivity contribution in [2.24, 2.45) is 18.9 Å². The maximum Gasteiger partial charge on any atom is 0.319 e. The van der Waals surface area contributed by atoms with Crippen LogP contribution in [-0.2, 0) is 28.3 Å². The van der Waals surface area contributed by atoms with Gasteiger partial charge in [-0.3, -0.25) is 4.79 Å². The summed E-state index contributed by atoms with van der Waals surface area (Å²) in [5, 5.41) is 17.2. The zero-order valence-corrected chi connectivity index (χ0v) is 24.4. The number of nitrogens with zero attached hydrogens (tertiary/aromatic N) is 6. The van der Waals surface area contributed by atoms with Crippen LogP contribution < -0.4 is 10.6 Å². The predicted molar refractivity (Wildman–Crippen MR) is 154 cm³/mol. The second-order valence-electron chi connectivity index (χ2n) is 11.1. The first kappa shape index (κ1) is 29.6. The maximum absolute atomic E-state index is 13.9. The molecule has 2 fully saturated rings. The van der Waals surface area contributed by atoms with Gasteiger partial charge in [-0.05, 0) is 71.9 Å². The minimum Gasteiger partial charge on any atom is -0.342 e. The largest absolute Gasteiger partial charge is 0.342 e. The van der Waals surface area contributed by atoms with Crippen LogP contribution in [0.3, 0.4) is 0 Å². The van der Waals surface area contributed by atoms with Gasteiger partial charge in [0.2, 0.25) is 15.9 Å². The molecule has 0 spiro atoms. The number of tetrazole rings is 1. The number of carbonyl (C=O) groups is 2. The molecule has 2 aliphatic rings. The molecule has 3 aromatic rings. The highest BCUT2D eigenvalue weighted by atomic mass is 32.2. The molecule has 2 N–H and O–H groups in total. The predicted octanol–water partition coefficient (Wildman–Crippen LogP) is 2.27. The Morgan fingerprint density at radius 2 is 1.86 bits per heavy atom. The van der Waals surface area contributed by atoms with Crippen LogP contribution in [0.15, 0.2) is 48.5 Å². The Bertz CT molecular complexity index is 1530. The molecule has 0 bridgehead atoms. The highest BCUT2D eigenvalue weighted by molar-refractivity contribution is 7.88. The highest BCUT2D eigenvalue weighted by Crippen LogP contribution is 2.27. The molecule has 0 aliphatic carbocycles. The molecule has 224 valence electrons. The maximum atomic E-state index is 13.9. The standard InChI is InChI=1S/C28H35FN8O4S/c1-35-26(32-33-34-35)21-6-3-7-23(16-21)30-28(39)31-25-12-14-37(42(2,40)41)18-24(25)27(38)36-13-4-5-20(17-36)15-19-8-10-22(29)11-9-19/h3,6-11,16,20,24-25H,4-5,12-15,17-18H2,1-2H3,(H2,30,31,39)/t20?,24?,25-/m1/s1. The van der Waals surface area contributed by atoms with E-state index in [2.05, 4.69) is 26.2 Å². The van der Waals surface area contributed by atoms with Crippen molar-refractivity contribution in [3.8, 4) is 11.4 Å². The average Bonchev–Trinajstić information content (AvgIpc) is 3.39. The van der Waals surface area contributed by atoms with E-state index in [1.54, 1.807) is 42.3 Å². The molecule has 2 unspecified atom stereocenters. The van der Waals surface area contributed by atoms with Crippen molar-refractivity contribution in [2.75, 3.05) is 37.8 Å². The Labute approximate surface area is 244 Å². The lowest BCUT2D eigenvalue weighted by Gasteiger charge is -2.41. The van der Waals surface area contributed by atoms with Gasteiger partial charge in [-0.1, -0.05) is 24.3 Å². The number of aryl methyl sites for hydroxylation is 1. The number of hydrogen-bond acceptors (Lipinski definition) is 7. The Morgan fingerprint density at radius 1 is 1.07 bits per heavy atom. The summed E-state index contributed by atoms with van der Waals surface area (Å²) in [4.78, 5) is 28.8. The van der Waals surface area contributed by atoms with Crippen LogP contribution in [0, 0.1) is 17.7 Å². The summed E-state index contributed by atoms with van der Waals surface area (Å²) in [6.45, 7) is 1.29. The molecule has 42 heavy (non-hydrogen) atoms. The number of carbonyl (C=O) groups excluding carboxylic acids is 2. The number of benzene rings is 2. The second kappa shape index (κ2) is 12.5. The number of rotatable bonds is 7. The van der Waals surface area contributed by atoms with E-state index in [1.165, 1.54) is 21.1 Å². The van der Waals surface area contributed by atoms with Crippen molar-refractivity contribution in [2.45, 2.75) is 31.7 Å². The molecule has 2 saturated heterocycles. The zero-order chi connectivity index (χ0) is 29.9. The molecular weight excluding hydrogens is 563 g/mol. The normalized spacial score (nSPS) is 21.6. The first-order valence-electron chi connectivity index (χ1n) is 14.0. The van der Waals surface area contributed by atoms with Gasteiger partial charge in [0.25, 0.3) is 0 Å². The fourth-order valence-corrected chi connectivity index (χ4v) is 6.68. The van der Waals surface area contributed by atoms with E-state index >= 15 is 0 Å². The quantitative estimate of drug-likeness (QED) is 0.425. The van der Waals surface area contributed by atoms with E-state index in [9.17, 15) is 22.4 Å². The van der Waals surface area contributed by atoms with Crippen LogP contribution >= 0.6 is 0 Å². The number of aromatic nitrogens is 4. The number of piperidine rings is 2. The third kappa shape index (κ3) is 7.10. The second-order valence-corrected chi connectivity index (χ2v) is 13.0. The number of halogens is 1. The molecule has 12 nitrogen and oxygen atoms in total. The Hall–Kier alpha value is -3.91. The Kier molecular flexibility index (Phi) is 8.82. The summed E-state index contributed by atoms with van der Waals surface area (Å²) in [5.41, 5.74) is 2.24. The van der Waals surface area contributed by atoms with Gasteiger partial charge in [-0.2, -0.15) is 0 Å². The van der Waals surface area contributed by atoms with Crippen molar-refractivity contribution in [3.63, 3.8) is 0 Å². The number of nitrogens with one attached hydrogen (secondary N) is 2. The average molecular weight is 599 g/mol. The number of sulfonamides is 1. The molecule has 1 aromatic heterocycles. The van der Waals surface area contributed by atoms with Gasteiger partial charge in [0.15, 0.2) is 5.82 Å². The molecule has 3 heterocycles. The Morgan fingerprint density at radius 3 is 2.57 bits per heavy atom. The van der Waals surface area contributed by atoms with Crippen LogP contribution in [-0.4, -0.2) is 88.2 Å². The van der Waals surface area contributed by atoms with E-state index in [0.29, 0.717) is 31.0 Å². The van der Waals surface area contributed by atoms with Crippen LogP contribution in [0.5, 0.6) is 0 Å². The van der Waals surface area contributed by atoms with Gasteiger partial charge in [0.1, 0.15) is 5.82 Å². The SMILES string of the molecule is Cn1nnnc1-c1cccc(NC(=O)N[C@@H]2CCN(S(C)(=O)=O)CC2C(=O)N2CCCC(Cc3ccc(F)cc3)C2)c1. The molecular formula is C28H35FN8O4S. The number of urea groups is 1. The first-order chi connectivity index (χ1) is 20.1. The fraction of sp³-hybridized carbons (Fsp3) is 0.464. The van der Waals surface area contributed by atoms with Crippen LogP contribution in [0.25, 0.3) is 11.4 Å². The lowest BCUT2D eigenvalue weighted by atomic mass is 9.88. The van der Waals surface area contributed by atoms with E-state index < -0.39 is 28.0 Å². The van der Waals surface area contributed by atoms with Crippen molar-refractivity contribution in [1.82, 2.24) is 34.7 Å². The molecule has 3 amide bonds. The number of amides is 3. The molecule has 0 radical (unpaired) electrons. The molecule has 2 aliphatic heterocycles. The molecule has 0 saturated carbocycles. The molecule has 5 rings (SSSR count). The fourth-order valence-electron chi connectivity index (χ4n) is 5.81. The molecule has 14 heteroatoms. The zero-order valence-electron chi connectivity index (χ0n) is 23.6. The summed E-state index contributed by atoms with van der Waals surface area (Å²) in [7, 11) is -1.81. The molecule has 2 aromatic carbocycles. The minimum absolute atomic E-state index is 0.00359. The summed E-state index contributed by atoms with van der Waals surface area (Å²) in [6, 6.07) is 12.4. The smallest absolute Gasteiger partial charge is 0.319 e. The number of likely N-dealkylation sites (tertiary alicyclic amines) is 1. The lowest BCUT2D eigenvalue weighted by molar-refractivity contribution is -0.139. The van der Waals surface area contributed by atoms with Crippen molar-refractivity contribution in [1.29, 1.82) is 0 Å². The number of hydrogen-bond donors (Lipinski definition) is 2. The third-order valence-corrected chi connectivity index (χ3v) is 9.21. The van der Waals surface area contributed by atoms with E-state index in [4.69, 9.17) is 0 Å². The lowest BCUT2D eigenvalue weighted by Crippen LogP contribution is -2.58. The Balaban J connectivity index is 1.27. The minimum atomic E-state index is -3.52. The van der Waals surface area contributed by atoms with E-state index in [0.717, 1.165) is 36.6 Å². The summed E-state index contributed by atoms with van der Waals surface area (Å²) in [6.07, 6.45) is 3.91. The van der Waals surface area contributed by atoms with Crippen molar-refractivity contribution in [3.05, 3.63) is 59.9 Å². The van der Waals surface area contributed by atoms with Gasteiger partial charge in [-0.25, -0.2) is 26.6 Å². The first-order valence-corrected chi connectivity index (χ1v) is 15.8. The van der Waals surface area contributed by atoms with Crippen molar-refractivity contribution < 1.29 is 22.4 Å². The van der Waals surface area contributed by atoms with Gasteiger partial charge in [0.05, 0.1) is 12.2 Å². The molecule has 3 atom stereocenters. The van der Waals surface area contributed by atoms with Crippen molar-refractivity contribution >= 4 is 27.6 Å². The summed E-state index contributed by atoms with van der Waals surface area (Å²) >= 11 is 0. The highest BCUT2D eigenvalue weighted by Gasteiger charge is 2.41. The van der Waals surface area contributed by atoms with Crippen LogP contribution in [0.4, 0.5) is 14.9 Å².